The number of rotatable bonds is 17. The number of hydrogen-bond acceptors (Lipinski definition) is 9. The molecule has 2 aromatic carbocycles. The molecule has 0 aliphatic heterocycles. The number of benzene rings is 2. The Labute approximate surface area is 230 Å². The second-order valence-corrected chi connectivity index (χ2v) is 8.96. The molecule has 0 aliphatic rings. The SMILES string of the molecule is CCOc1cc(C(C#N)(CC)CCCC(Cc2ccc(OC)c(OC)c2)[N+](=O)[O-])c(OCC)c(OC)c1OC. The number of nitro groups is 1. The Morgan fingerprint density at radius 3 is 2.08 bits per heavy atom. The molecule has 10 heteroatoms. The van der Waals surface area contributed by atoms with Gasteiger partial charge in [-0.2, -0.15) is 5.26 Å². The van der Waals surface area contributed by atoms with E-state index in [-0.39, 0.29) is 11.3 Å². The van der Waals surface area contributed by atoms with Crippen LogP contribution < -0.4 is 28.4 Å². The molecule has 0 radical (unpaired) electrons. The molecule has 0 amide bonds. The molecular formula is C29H40N2O8. The monoisotopic (exact) mass is 544 g/mol. The molecule has 0 aliphatic carbocycles. The molecule has 0 saturated heterocycles. The Balaban J connectivity index is 2.40. The zero-order valence-electron chi connectivity index (χ0n) is 24.0. The minimum Gasteiger partial charge on any atom is -0.493 e. The van der Waals surface area contributed by atoms with Crippen molar-refractivity contribution in [3.05, 3.63) is 45.5 Å². The highest BCUT2D eigenvalue weighted by Crippen LogP contribution is 2.52. The summed E-state index contributed by atoms with van der Waals surface area (Å²) in [7, 11) is 6.10. The zero-order valence-corrected chi connectivity index (χ0v) is 24.0. The maximum absolute atomic E-state index is 12.0. The molecule has 0 spiro atoms. The summed E-state index contributed by atoms with van der Waals surface area (Å²) in [5, 5.41) is 22.4. The van der Waals surface area contributed by atoms with Gasteiger partial charge in [0.15, 0.2) is 23.0 Å². The molecule has 0 fully saturated rings. The first-order valence-electron chi connectivity index (χ1n) is 13.1. The average molecular weight is 545 g/mol. The van der Waals surface area contributed by atoms with E-state index in [2.05, 4.69) is 6.07 Å². The molecule has 0 N–H and O–H groups in total. The van der Waals surface area contributed by atoms with Crippen LogP contribution in [0.15, 0.2) is 24.3 Å². The van der Waals surface area contributed by atoms with Gasteiger partial charge in [0.05, 0.1) is 53.1 Å². The van der Waals surface area contributed by atoms with Crippen LogP contribution in [0.2, 0.25) is 0 Å². The lowest BCUT2D eigenvalue weighted by Crippen LogP contribution is -2.27. The summed E-state index contributed by atoms with van der Waals surface area (Å²) in [5.41, 5.74) is 0.407. The minimum absolute atomic E-state index is 0.230. The van der Waals surface area contributed by atoms with E-state index in [0.717, 1.165) is 5.56 Å². The molecule has 10 nitrogen and oxygen atoms in total. The van der Waals surface area contributed by atoms with Crippen molar-refractivity contribution in [3.63, 3.8) is 0 Å². The van der Waals surface area contributed by atoms with Crippen molar-refractivity contribution in [2.45, 2.75) is 64.3 Å². The van der Waals surface area contributed by atoms with E-state index in [9.17, 15) is 15.4 Å². The van der Waals surface area contributed by atoms with E-state index in [1.807, 2.05) is 20.8 Å². The van der Waals surface area contributed by atoms with Crippen molar-refractivity contribution in [3.8, 4) is 40.6 Å². The molecule has 214 valence electrons. The van der Waals surface area contributed by atoms with E-state index in [1.165, 1.54) is 21.3 Å². The smallest absolute Gasteiger partial charge is 0.217 e. The minimum atomic E-state index is -0.986. The Kier molecular flexibility index (Phi) is 12.0. The van der Waals surface area contributed by atoms with Gasteiger partial charge in [0.25, 0.3) is 0 Å². The molecule has 2 atom stereocenters. The Morgan fingerprint density at radius 1 is 0.897 bits per heavy atom. The fourth-order valence-electron chi connectivity index (χ4n) is 4.78. The van der Waals surface area contributed by atoms with Crippen LogP contribution in [-0.2, 0) is 11.8 Å². The van der Waals surface area contributed by atoms with Crippen LogP contribution in [0.5, 0.6) is 34.5 Å². The van der Waals surface area contributed by atoms with Gasteiger partial charge in [0.2, 0.25) is 17.5 Å². The van der Waals surface area contributed by atoms with Gasteiger partial charge in [-0.3, -0.25) is 10.1 Å². The summed E-state index contributed by atoms with van der Waals surface area (Å²) >= 11 is 0. The van der Waals surface area contributed by atoms with E-state index in [4.69, 9.17) is 28.4 Å². The van der Waals surface area contributed by atoms with E-state index >= 15 is 0 Å². The van der Waals surface area contributed by atoms with Crippen LogP contribution in [0, 0.1) is 21.4 Å². The zero-order chi connectivity index (χ0) is 29.0. The first-order valence-corrected chi connectivity index (χ1v) is 13.1. The summed E-state index contributed by atoms with van der Waals surface area (Å²) < 4.78 is 33.7. The van der Waals surface area contributed by atoms with Crippen LogP contribution in [-0.4, -0.2) is 52.6 Å². The lowest BCUT2D eigenvalue weighted by Gasteiger charge is -2.30. The summed E-state index contributed by atoms with van der Waals surface area (Å²) in [6, 6.07) is 8.74. The summed E-state index contributed by atoms with van der Waals surface area (Å²) in [4.78, 5) is 11.7. The first-order chi connectivity index (χ1) is 18.8. The molecule has 39 heavy (non-hydrogen) atoms. The molecular weight excluding hydrogens is 504 g/mol. The van der Waals surface area contributed by atoms with Gasteiger partial charge in [-0.05, 0) is 56.9 Å². The second-order valence-electron chi connectivity index (χ2n) is 8.96. The highest BCUT2D eigenvalue weighted by molar-refractivity contribution is 5.65. The number of nitrogens with zero attached hydrogens (tertiary/aromatic N) is 2. The average Bonchev–Trinajstić information content (AvgIpc) is 2.95. The third-order valence-corrected chi connectivity index (χ3v) is 6.84. The predicted octanol–water partition coefficient (Wildman–Crippen LogP) is 5.75. The largest absolute Gasteiger partial charge is 0.493 e. The highest BCUT2D eigenvalue weighted by Gasteiger charge is 2.38. The molecule has 0 bridgehead atoms. The Hall–Kier alpha value is -3.87. The fourth-order valence-corrected chi connectivity index (χ4v) is 4.78. The van der Waals surface area contributed by atoms with Gasteiger partial charge in [0, 0.05) is 23.3 Å². The van der Waals surface area contributed by atoms with E-state index in [1.54, 1.807) is 31.4 Å². The Morgan fingerprint density at radius 2 is 1.56 bits per heavy atom. The molecule has 2 rings (SSSR count). The maximum atomic E-state index is 12.0. The second kappa shape index (κ2) is 14.9. The maximum Gasteiger partial charge on any atom is 0.217 e. The van der Waals surface area contributed by atoms with Crippen molar-refractivity contribution in [1.82, 2.24) is 0 Å². The van der Waals surface area contributed by atoms with E-state index in [0.29, 0.717) is 79.0 Å². The van der Waals surface area contributed by atoms with Gasteiger partial charge in [0.1, 0.15) is 0 Å². The quantitative estimate of drug-likeness (QED) is 0.181. The van der Waals surface area contributed by atoms with Gasteiger partial charge in [-0.15, -0.1) is 0 Å². The van der Waals surface area contributed by atoms with Gasteiger partial charge < -0.3 is 28.4 Å². The Bertz CT molecular complexity index is 1150. The van der Waals surface area contributed by atoms with Crippen LogP contribution in [0.3, 0.4) is 0 Å². The highest BCUT2D eigenvalue weighted by atomic mass is 16.6. The fraction of sp³-hybridized carbons (Fsp3) is 0.552. The van der Waals surface area contributed by atoms with Gasteiger partial charge in [-0.25, -0.2) is 0 Å². The van der Waals surface area contributed by atoms with Crippen molar-refractivity contribution in [1.29, 1.82) is 5.26 Å². The molecule has 0 aromatic heterocycles. The standard InChI is InChI=1S/C29H40N2O8/c1-8-29(19-30,22-18-25(38-9-2)27(36-6)28(37-7)26(22)39-10-3)15-11-12-21(31(32)33)16-20-13-14-23(34-4)24(17-20)35-5/h13-14,17-18,21H,8-12,15-16H2,1-7H3. The normalized spacial score (nSPS) is 13.0. The predicted molar refractivity (Wildman–Crippen MR) is 147 cm³/mol. The third kappa shape index (κ3) is 7.16. The molecule has 2 unspecified atom stereocenters. The van der Waals surface area contributed by atoms with Gasteiger partial charge in [-0.1, -0.05) is 13.0 Å². The van der Waals surface area contributed by atoms with Crippen molar-refractivity contribution >= 4 is 0 Å². The number of nitriles is 1. The number of ether oxygens (including phenoxy) is 6. The molecule has 0 heterocycles. The first kappa shape index (κ1) is 31.3. The summed E-state index contributed by atoms with van der Waals surface area (Å²) in [6.07, 6.45) is 1.82. The number of methoxy groups -OCH3 is 4. The lowest BCUT2D eigenvalue weighted by atomic mass is 9.74. The topological polar surface area (TPSA) is 122 Å². The summed E-state index contributed by atoms with van der Waals surface area (Å²) in [5.74, 6) is 2.68. The summed E-state index contributed by atoms with van der Waals surface area (Å²) in [6.45, 7) is 6.36. The van der Waals surface area contributed by atoms with Crippen molar-refractivity contribution in [2.75, 3.05) is 41.7 Å². The van der Waals surface area contributed by atoms with Crippen LogP contribution in [0.1, 0.15) is 57.6 Å². The van der Waals surface area contributed by atoms with Crippen LogP contribution in [0.25, 0.3) is 0 Å². The van der Waals surface area contributed by atoms with Crippen molar-refractivity contribution < 1.29 is 33.3 Å². The van der Waals surface area contributed by atoms with Crippen LogP contribution >= 0.6 is 0 Å². The van der Waals surface area contributed by atoms with Gasteiger partial charge >= 0.3 is 0 Å². The molecule has 2 aromatic rings. The van der Waals surface area contributed by atoms with E-state index < -0.39 is 11.5 Å². The number of hydrogen-bond donors (Lipinski definition) is 0. The van der Waals surface area contributed by atoms with Crippen LogP contribution in [0.4, 0.5) is 0 Å². The third-order valence-electron chi connectivity index (χ3n) is 6.84. The molecule has 0 saturated carbocycles. The lowest BCUT2D eigenvalue weighted by molar-refractivity contribution is -0.523. The van der Waals surface area contributed by atoms with Crippen molar-refractivity contribution in [2.24, 2.45) is 0 Å².